The van der Waals surface area contributed by atoms with E-state index in [-0.39, 0.29) is 6.42 Å². The predicted octanol–water partition coefficient (Wildman–Crippen LogP) is 1.74. The van der Waals surface area contributed by atoms with Crippen LogP contribution in [-0.2, 0) is 4.79 Å². The highest BCUT2D eigenvalue weighted by molar-refractivity contribution is 5.72. The maximum absolute atomic E-state index is 12.8. The quantitative estimate of drug-likeness (QED) is 0.733. The molecule has 0 aliphatic heterocycles. The third kappa shape index (κ3) is 3.25. The lowest BCUT2D eigenvalue weighted by Crippen LogP contribution is -2.32. The Kier molecular flexibility index (Phi) is 4.32. The molecule has 1 aliphatic carbocycles. The van der Waals surface area contributed by atoms with Gasteiger partial charge in [0.15, 0.2) is 0 Å². The molecule has 2 atom stereocenters. The first-order valence-electron chi connectivity index (χ1n) is 5.16. The van der Waals surface area contributed by atoms with Crippen LogP contribution in [0.25, 0.3) is 0 Å². The highest BCUT2D eigenvalue weighted by atomic mass is 19.1. The second-order valence-electron chi connectivity index (χ2n) is 4.05. The maximum atomic E-state index is 12.8. The van der Waals surface area contributed by atoms with E-state index < -0.39 is 18.2 Å². The van der Waals surface area contributed by atoms with Gasteiger partial charge in [-0.25, -0.2) is 9.18 Å². The molecule has 0 radical (unpaired) electrons. The van der Waals surface area contributed by atoms with Crippen molar-refractivity contribution in [2.75, 3.05) is 0 Å². The molecule has 0 bridgehead atoms. The van der Waals surface area contributed by atoms with Gasteiger partial charge in [0, 0.05) is 0 Å². The molecule has 0 saturated heterocycles. The Hall–Kier alpha value is -0.640. The zero-order valence-electron chi connectivity index (χ0n) is 8.16. The summed E-state index contributed by atoms with van der Waals surface area (Å²) in [6, 6.07) is 0. The molecule has 0 aromatic carbocycles. The standard InChI is InChI=1S/C10H17FO3/c11-9(10(13)14)8(12)6-7-4-2-1-3-5-7/h7-9,12H,1-6H2,(H,13,14). The Bertz CT molecular complexity index is 190. The fourth-order valence-corrected chi connectivity index (χ4v) is 2.05. The van der Waals surface area contributed by atoms with Crippen LogP contribution in [0.4, 0.5) is 4.39 Å². The number of aliphatic hydroxyl groups excluding tert-OH is 1. The Morgan fingerprint density at radius 2 is 1.93 bits per heavy atom. The van der Waals surface area contributed by atoms with Crippen LogP contribution < -0.4 is 0 Å². The summed E-state index contributed by atoms with van der Waals surface area (Å²) in [7, 11) is 0. The second kappa shape index (κ2) is 5.29. The monoisotopic (exact) mass is 204 g/mol. The first-order valence-corrected chi connectivity index (χ1v) is 5.16. The van der Waals surface area contributed by atoms with Crippen molar-refractivity contribution in [2.24, 2.45) is 5.92 Å². The lowest BCUT2D eigenvalue weighted by molar-refractivity contribution is -0.147. The molecule has 0 amide bonds. The van der Waals surface area contributed by atoms with E-state index in [0.717, 1.165) is 25.7 Å². The van der Waals surface area contributed by atoms with E-state index in [0.29, 0.717) is 5.92 Å². The van der Waals surface area contributed by atoms with Crippen molar-refractivity contribution in [2.45, 2.75) is 50.8 Å². The minimum absolute atomic E-state index is 0.285. The van der Waals surface area contributed by atoms with E-state index in [9.17, 15) is 14.3 Å². The molecule has 82 valence electrons. The minimum Gasteiger partial charge on any atom is -0.479 e. The number of aliphatic carboxylic acids is 1. The van der Waals surface area contributed by atoms with Gasteiger partial charge >= 0.3 is 5.97 Å². The van der Waals surface area contributed by atoms with Gasteiger partial charge in [0.1, 0.15) is 0 Å². The molecule has 4 heteroatoms. The summed E-state index contributed by atoms with van der Waals surface area (Å²) in [5.41, 5.74) is 0. The van der Waals surface area contributed by atoms with Crippen molar-refractivity contribution in [3.8, 4) is 0 Å². The predicted molar refractivity (Wildman–Crippen MR) is 49.7 cm³/mol. The summed E-state index contributed by atoms with van der Waals surface area (Å²) >= 11 is 0. The summed E-state index contributed by atoms with van der Waals surface area (Å²) < 4.78 is 12.8. The summed E-state index contributed by atoms with van der Waals surface area (Å²) in [5, 5.41) is 17.6. The van der Waals surface area contributed by atoms with Crippen LogP contribution in [0.15, 0.2) is 0 Å². The molecule has 1 fully saturated rings. The second-order valence-corrected chi connectivity index (χ2v) is 4.05. The molecule has 0 heterocycles. The van der Waals surface area contributed by atoms with E-state index in [4.69, 9.17) is 5.11 Å². The number of rotatable bonds is 4. The van der Waals surface area contributed by atoms with E-state index in [2.05, 4.69) is 0 Å². The number of carboxylic acids is 1. The molecule has 2 N–H and O–H groups in total. The number of carboxylic acid groups (broad SMARTS) is 1. The third-order valence-corrected chi connectivity index (χ3v) is 2.87. The van der Waals surface area contributed by atoms with Gasteiger partial charge in [-0.1, -0.05) is 32.1 Å². The largest absolute Gasteiger partial charge is 0.479 e. The number of alkyl halides is 1. The van der Waals surface area contributed by atoms with Crippen LogP contribution >= 0.6 is 0 Å². The smallest absolute Gasteiger partial charge is 0.341 e. The van der Waals surface area contributed by atoms with Gasteiger partial charge in [-0.2, -0.15) is 0 Å². The molecule has 1 saturated carbocycles. The summed E-state index contributed by atoms with van der Waals surface area (Å²) in [6.07, 6.45) is 2.22. The topological polar surface area (TPSA) is 57.5 Å². The highest BCUT2D eigenvalue weighted by Gasteiger charge is 2.28. The number of hydrogen-bond donors (Lipinski definition) is 2. The van der Waals surface area contributed by atoms with E-state index >= 15 is 0 Å². The van der Waals surface area contributed by atoms with Crippen LogP contribution in [0.2, 0.25) is 0 Å². The number of halogens is 1. The zero-order chi connectivity index (χ0) is 10.6. The van der Waals surface area contributed by atoms with Gasteiger partial charge < -0.3 is 10.2 Å². The van der Waals surface area contributed by atoms with Crippen LogP contribution in [0.3, 0.4) is 0 Å². The van der Waals surface area contributed by atoms with E-state index in [1.807, 2.05) is 0 Å². The molecule has 14 heavy (non-hydrogen) atoms. The molecule has 1 rings (SSSR count). The van der Waals surface area contributed by atoms with Crippen LogP contribution in [0, 0.1) is 5.92 Å². The van der Waals surface area contributed by atoms with Crippen molar-refractivity contribution >= 4 is 5.97 Å². The van der Waals surface area contributed by atoms with Gasteiger partial charge in [0.2, 0.25) is 6.17 Å². The lowest BCUT2D eigenvalue weighted by Gasteiger charge is -2.24. The summed E-state index contributed by atoms with van der Waals surface area (Å²) in [6.45, 7) is 0. The van der Waals surface area contributed by atoms with Gasteiger partial charge in [-0.05, 0) is 12.3 Å². The molecular formula is C10H17FO3. The number of carbonyl (C=O) groups is 1. The molecule has 2 unspecified atom stereocenters. The maximum Gasteiger partial charge on any atom is 0.341 e. The fraction of sp³-hybridized carbons (Fsp3) is 0.900. The SMILES string of the molecule is O=C(O)C(F)C(O)CC1CCCCC1. The third-order valence-electron chi connectivity index (χ3n) is 2.87. The highest BCUT2D eigenvalue weighted by Crippen LogP contribution is 2.28. The fourth-order valence-electron chi connectivity index (χ4n) is 2.05. The Labute approximate surface area is 82.9 Å². The van der Waals surface area contributed by atoms with Crippen LogP contribution in [0.1, 0.15) is 38.5 Å². The zero-order valence-corrected chi connectivity index (χ0v) is 8.16. The molecule has 0 aromatic rings. The summed E-state index contributed by atoms with van der Waals surface area (Å²) in [4.78, 5) is 10.2. The Morgan fingerprint density at radius 3 is 2.43 bits per heavy atom. The lowest BCUT2D eigenvalue weighted by atomic mass is 9.85. The van der Waals surface area contributed by atoms with Gasteiger partial charge in [-0.3, -0.25) is 0 Å². The van der Waals surface area contributed by atoms with Gasteiger partial charge in [-0.15, -0.1) is 0 Å². The molecule has 3 nitrogen and oxygen atoms in total. The van der Waals surface area contributed by atoms with Crippen molar-refractivity contribution in [3.63, 3.8) is 0 Å². The number of aliphatic hydroxyl groups is 1. The summed E-state index contributed by atoms with van der Waals surface area (Å²) in [5.74, 6) is -1.26. The van der Waals surface area contributed by atoms with E-state index in [1.165, 1.54) is 6.42 Å². The molecule has 0 aromatic heterocycles. The van der Waals surface area contributed by atoms with Gasteiger partial charge in [0.25, 0.3) is 0 Å². The van der Waals surface area contributed by atoms with Crippen molar-refractivity contribution in [1.82, 2.24) is 0 Å². The first kappa shape index (κ1) is 11.4. The minimum atomic E-state index is -2.13. The van der Waals surface area contributed by atoms with Gasteiger partial charge in [0.05, 0.1) is 6.10 Å². The molecule has 0 spiro atoms. The van der Waals surface area contributed by atoms with Crippen molar-refractivity contribution in [1.29, 1.82) is 0 Å². The Balaban J connectivity index is 2.31. The van der Waals surface area contributed by atoms with Crippen LogP contribution in [0.5, 0.6) is 0 Å². The average Bonchev–Trinajstić information content (AvgIpc) is 2.18. The molecular weight excluding hydrogens is 187 g/mol. The van der Waals surface area contributed by atoms with Crippen LogP contribution in [-0.4, -0.2) is 28.5 Å². The Morgan fingerprint density at radius 1 is 1.36 bits per heavy atom. The average molecular weight is 204 g/mol. The molecule has 1 aliphatic rings. The van der Waals surface area contributed by atoms with E-state index in [1.54, 1.807) is 0 Å². The first-order chi connectivity index (χ1) is 6.61. The normalized spacial score (nSPS) is 23.0. The van der Waals surface area contributed by atoms with Crippen molar-refractivity contribution in [3.05, 3.63) is 0 Å². The number of hydrogen-bond acceptors (Lipinski definition) is 2. The van der Waals surface area contributed by atoms with Crippen molar-refractivity contribution < 1.29 is 19.4 Å².